The van der Waals surface area contributed by atoms with Crippen molar-refractivity contribution in [3.8, 4) is 0 Å². The summed E-state index contributed by atoms with van der Waals surface area (Å²) < 4.78 is 0. The summed E-state index contributed by atoms with van der Waals surface area (Å²) in [7, 11) is 0. The maximum atomic E-state index is 9.18. The van der Waals surface area contributed by atoms with E-state index in [-0.39, 0.29) is 12.6 Å². The van der Waals surface area contributed by atoms with Crippen molar-refractivity contribution in [1.29, 1.82) is 0 Å². The van der Waals surface area contributed by atoms with Crippen LogP contribution >= 0.6 is 0 Å². The maximum Gasteiger partial charge on any atom is 0.0685 e. The minimum atomic E-state index is 0.0112. The summed E-state index contributed by atoms with van der Waals surface area (Å²) in [5.41, 5.74) is 9.27. The molecule has 0 aromatic heterocycles. The van der Waals surface area contributed by atoms with Gasteiger partial charge in [-0.3, -0.25) is 0 Å². The second-order valence-corrected chi connectivity index (χ2v) is 4.13. The molecule has 0 aliphatic heterocycles. The molecule has 0 spiro atoms. The van der Waals surface area contributed by atoms with Gasteiger partial charge in [0.05, 0.1) is 6.61 Å². The maximum absolute atomic E-state index is 9.18. The van der Waals surface area contributed by atoms with Crippen LogP contribution in [0.3, 0.4) is 0 Å². The number of hydrogen-bond donors (Lipinski definition) is 2. The van der Waals surface area contributed by atoms with Crippen LogP contribution in [-0.2, 0) is 6.61 Å². The molecule has 0 unspecified atom stereocenters. The first-order valence-electron chi connectivity index (χ1n) is 5.02. The normalized spacial score (nSPS) is 13.3. The van der Waals surface area contributed by atoms with E-state index in [0.717, 1.165) is 11.1 Å². The Hall–Kier alpha value is -0.860. The zero-order valence-corrected chi connectivity index (χ0v) is 9.12. The Bertz CT molecular complexity index is 307. The van der Waals surface area contributed by atoms with Crippen molar-refractivity contribution in [3.05, 3.63) is 34.9 Å². The standard InChI is InChI=1S/C12H19NO/c1-8(2)12(13)11-6-9(3)4-5-10(11)7-14/h4-6,8,12,14H,7,13H2,1-3H3/t12-/m1/s1. The van der Waals surface area contributed by atoms with E-state index in [0.29, 0.717) is 5.92 Å². The molecule has 2 heteroatoms. The number of benzene rings is 1. The van der Waals surface area contributed by atoms with Crippen LogP contribution in [0, 0.1) is 12.8 Å². The lowest BCUT2D eigenvalue weighted by atomic mass is 9.92. The average molecular weight is 193 g/mol. The van der Waals surface area contributed by atoms with Gasteiger partial charge in [-0.2, -0.15) is 0 Å². The summed E-state index contributed by atoms with van der Waals surface area (Å²) in [5, 5.41) is 9.18. The van der Waals surface area contributed by atoms with Crippen molar-refractivity contribution >= 4 is 0 Å². The summed E-state index contributed by atoms with van der Waals surface area (Å²) in [5.74, 6) is 0.391. The van der Waals surface area contributed by atoms with Gasteiger partial charge in [0.25, 0.3) is 0 Å². The Labute approximate surface area is 85.8 Å². The topological polar surface area (TPSA) is 46.2 Å². The fourth-order valence-corrected chi connectivity index (χ4v) is 1.53. The number of nitrogens with two attached hydrogens (primary N) is 1. The molecule has 0 saturated carbocycles. The van der Waals surface area contributed by atoms with Gasteiger partial charge in [0.15, 0.2) is 0 Å². The van der Waals surface area contributed by atoms with Gasteiger partial charge in [-0.05, 0) is 24.0 Å². The van der Waals surface area contributed by atoms with Gasteiger partial charge in [-0.25, -0.2) is 0 Å². The van der Waals surface area contributed by atoms with E-state index in [2.05, 4.69) is 19.9 Å². The highest BCUT2D eigenvalue weighted by atomic mass is 16.3. The fraction of sp³-hybridized carbons (Fsp3) is 0.500. The van der Waals surface area contributed by atoms with E-state index >= 15 is 0 Å². The van der Waals surface area contributed by atoms with Crippen LogP contribution in [0.25, 0.3) is 0 Å². The minimum Gasteiger partial charge on any atom is -0.392 e. The third-order valence-corrected chi connectivity index (χ3v) is 2.55. The lowest BCUT2D eigenvalue weighted by Crippen LogP contribution is -2.18. The van der Waals surface area contributed by atoms with Gasteiger partial charge in [0, 0.05) is 6.04 Å². The second-order valence-electron chi connectivity index (χ2n) is 4.13. The molecule has 0 bridgehead atoms. The molecule has 0 radical (unpaired) electrons. The molecule has 0 amide bonds. The van der Waals surface area contributed by atoms with Crippen LogP contribution in [0.1, 0.15) is 36.6 Å². The number of aryl methyl sites for hydroxylation is 1. The van der Waals surface area contributed by atoms with Gasteiger partial charge in [0.2, 0.25) is 0 Å². The molecule has 0 aliphatic carbocycles. The largest absolute Gasteiger partial charge is 0.392 e. The first kappa shape index (κ1) is 11.2. The van der Waals surface area contributed by atoms with Crippen molar-refractivity contribution in [3.63, 3.8) is 0 Å². The van der Waals surface area contributed by atoms with E-state index in [1.807, 2.05) is 19.1 Å². The van der Waals surface area contributed by atoms with E-state index in [1.54, 1.807) is 0 Å². The summed E-state index contributed by atoms with van der Waals surface area (Å²) >= 11 is 0. The molecule has 3 N–H and O–H groups in total. The fourth-order valence-electron chi connectivity index (χ4n) is 1.53. The Morgan fingerprint density at radius 3 is 2.50 bits per heavy atom. The molecular formula is C12H19NO. The Morgan fingerprint density at radius 1 is 1.36 bits per heavy atom. The first-order chi connectivity index (χ1) is 6.56. The molecule has 0 heterocycles. The third kappa shape index (κ3) is 2.34. The lowest BCUT2D eigenvalue weighted by Gasteiger charge is -2.19. The van der Waals surface area contributed by atoms with Crippen LogP contribution < -0.4 is 5.73 Å². The Morgan fingerprint density at radius 2 is 2.00 bits per heavy atom. The molecule has 1 atom stereocenters. The highest BCUT2D eigenvalue weighted by Gasteiger charge is 2.13. The van der Waals surface area contributed by atoms with Crippen molar-refractivity contribution < 1.29 is 5.11 Å². The van der Waals surface area contributed by atoms with Gasteiger partial charge >= 0.3 is 0 Å². The van der Waals surface area contributed by atoms with Crippen LogP contribution in [0.4, 0.5) is 0 Å². The zero-order valence-electron chi connectivity index (χ0n) is 9.12. The average Bonchev–Trinajstić information content (AvgIpc) is 2.16. The predicted octanol–water partition coefficient (Wildman–Crippen LogP) is 2.14. The summed E-state index contributed by atoms with van der Waals surface area (Å²) in [4.78, 5) is 0. The Balaban J connectivity index is 3.10. The highest BCUT2D eigenvalue weighted by Crippen LogP contribution is 2.23. The third-order valence-electron chi connectivity index (χ3n) is 2.55. The molecule has 2 nitrogen and oxygen atoms in total. The van der Waals surface area contributed by atoms with Crippen LogP contribution in [0.15, 0.2) is 18.2 Å². The number of hydrogen-bond acceptors (Lipinski definition) is 2. The highest BCUT2D eigenvalue weighted by molar-refractivity contribution is 5.33. The number of aliphatic hydroxyl groups is 1. The molecule has 1 rings (SSSR count). The summed E-state index contributed by atoms with van der Waals surface area (Å²) in [6, 6.07) is 6.03. The first-order valence-corrected chi connectivity index (χ1v) is 5.02. The van der Waals surface area contributed by atoms with Crippen LogP contribution in [-0.4, -0.2) is 5.11 Å². The molecule has 1 aromatic carbocycles. The van der Waals surface area contributed by atoms with E-state index < -0.39 is 0 Å². The molecule has 0 saturated heterocycles. The van der Waals surface area contributed by atoms with Crippen molar-refractivity contribution in [2.24, 2.45) is 11.7 Å². The van der Waals surface area contributed by atoms with Crippen LogP contribution in [0.5, 0.6) is 0 Å². The van der Waals surface area contributed by atoms with E-state index in [1.165, 1.54) is 5.56 Å². The minimum absolute atomic E-state index is 0.0112. The summed E-state index contributed by atoms with van der Waals surface area (Å²) in [6.07, 6.45) is 0. The number of rotatable bonds is 3. The lowest BCUT2D eigenvalue weighted by molar-refractivity contribution is 0.279. The molecule has 0 aliphatic rings. The van der Waals surface area contributed by atoms with Gasteiger partial charge in [0.1, 0.15) is 0 Å². The van der Waals surface area contributed by atoms with Crippen molar-refractivity contribution in [1.82, 2.24) is 0 Å². The molecule has 0 fully saturated rings. The van der Waals surface area contributed by atoms with Gasteiger partial charge < -0.3 is 10.8 Å². The monoisotopic (exact) mass is 193 g/mol. The summed E-state index contributed by atoms with van der Waals surface area (Å²) in [6.45, 7) is 6.29. The molecule has 78 valence electrons. The molecule has 14 heavy (non-hydrogen) atoms. The van der Waals surface area contributed by atoms with E-state index in [4.69, 9.17) is 5.73 Å². The molecule has 1 aromatic rings. The van der Waals surface area contributed by atoms with Gasteiger partial charge in [-0.15, -0.1) is 0 Å². The van der Waals surface area contributed by atoms with Crippen molar-refractivity contribution in [2.45, 2.75) is 33.4 Å². The number of aliphatic hydroxyl groups excluding tert-OH is 1. The SMILES string of the molecule is Cc1ccc(CO)c([C@H](N)C(C)C)c1. The predicted molar refractivity (Wildman–Crippen MR) is 58.9 cm³/mol. The zero-order chi connectivity index (χ0) is 10.7. The second kappa shape index (κ2) is 4.58. The quantitative estimate of drug-likeness (QED) is 0.772. The van der Waals surface area contributed by atoms with E-state index in [9.17, 15) is 5.11 Å². The van der Waals surface area contributed by atoms with Crippen molar-refractivity contribution in [2.75, 3.05) is 0 Å². The van der Waals surface area contributed by atoms with Crippen LogP contribution in [0.2, 0.25) is 0 Å². The Kier molecular flexibility index (Phi) is 3.67. The van der Waals surface area contributed by atoms with Gasteiger partial charge in [-0.1, -0.05) is 37.6 Å². The smallest absolute Gasteiger partial charge is 0.0685 e. The molecular weight excluding hydrogens is 174 g/mol.